The zero-order chi connectivity index (χ0) is 23.4. The van der Waals surface area contributed by atoms with E-state index in [1.807, 2.05) is 43.3 Å². The number of nitrogens with one attached hydrogen (secondary N) is 1. The highest BCUT2D eigenvalue weighted by Crippen LogP contribution is 2.26. The predicted molar refractivity (Wildman–Crippen MR) is 137 cm³/mol. The van der Waals surface area contributed by atoms with Crippen LogP contribution in [0.2, 0.25) is 0 Å². The van der Waals surface area contributed by atoms with Crippen molar-refractivity contribution in [3.05, 3.63) is 80.7 Å². The largest absolute Gasteiger partial charge is 0.325 e. The summed E-state index contributed by atoms with van der Waals surface area (Å²) in [4.78, 5) is 36.8. The second-order valence-electron chi connectivity index (χ2n) is 7.72. The first-order chi connectivity index (χ1) is 16.0. The Morgan fingerprint density at radius 2 is 1.91 bits per heavy atom. The Morgan fingerprint density at radius 1 is 1.15 bits per heavy atom. The number of carbonyl (C=O) groups is 1. The normalized spacial score (nSPS) is 11.1. The number of thioether (sulfide) groups is 1. The standard InChI is InChI=1S/C25H26N4O2S2/c1-4-18-9-6-10-19(5-2)22(18)27-21(30)15-32-25-28-23-20(12-16(3)33-23)24(31)29(25)14-17-8-7-11-26-13-17/h6-13H,4-5,14-15H2,1-3H3,(H,27,30). The van der Waals surface area contributed by atoms with E-state index in [2.05, 4.69) is 24.1 Å². The summed E-state index contributed by atoms with van der Waals surface area (Å²) >= 11 is 2.78. The molecule has 0 saturated carbocycles. The third kappa shape index (κ3) is 5.17. The summed E-state index contributed by atoms with van der Waals surface area (Å²) in [6.07, 6.45) is 5.13. The van der Waals surface area contributed by atoms with Gasteiger partial charge in [-0.1, -0.05) is 49.9 Å². The van der Waals surface area contributed by atoms with Gasteiger partial charge in [0.25, 0.3) is 5.56 Å². The second kappa shape index (κ2) is 10.3. The number of hydrogen-bond acceptors (Lipinski definition) is 6. The first kappa shape index (κ1) is 23.2. The maximum Gasteiger partial charge on any atom is 0.263 e. The number of pyridine rings is 1. The molecule has 33 heavy (non-hydrogen) atoms. The molecule has 0 aliphatic carbocycles. The number of anilines is 1. The zero-order valence-corrected chi connectivity index (χ0v) is 20.6. The monoisotopic (exact) mass is 478 g/mol. The molecule has 0 fully saturated rings. The Hall–Kier alpha value is -2.97. The molecule has 0 saturated heterocycles. The van der Waals surface area contributed by atoms with Crippen molar-refractivity contribution >= 4 is 44.9 Å². The Labute approximate surface area is 201 Å². The predicted octanol–water partition coefficient (Wildman–Crippen LogP) is 5.07. The van der Waals surface area contributed by atoms with Crippen molar-refractivity contribution in [1.82, 2.24) is 14.5 Å². The fourth-order valence-electron chi connectivity index (χ4n) is 3.75. The number of para-hydroxylation sites is 1. The minimum atomic E-state index is -0.111. The fraction of sp³-hybridized carbons (Fsp3) is 0.280. The number of aromatic nitrogens is 3. The lowest BCUT2D eigenvalue weighted by Crippen LogP contribution is -2.24. The number of rotatable bonds is 8. The fourth-order valence-corrected chi connectivity index (χ4v) is 5.47. The SMILES string of the molecule is CCc1cccc(CC)c1NC(=O)CSc1nc2sc(C)cc2c(=O)n1Cc1cccnc1. The van der Waals surface area contributed by atoms with E-state index >= 15 is 0 Å². The lowest BCUT2D eigenvalue weighted by atomic mass is 10.0. The van der Waals surface area contributed by atoms with Crippen molar-refractivity contribution in [3.8, 4) is 0 Å². The minimum Gasteiger partial charge on any atom is -0.325 e. The molecule has 6 nitrogen and oxygen atoms in total. The summed E-state index contributed by atoms with van der Waals surface area (Å²) in [7, 11) is 0. The molecule has 3 aromatic heterocycles. The Balaban J connectivity index is 1.61. The van der Waals surface area contributed by atoms with Gasteiger partial charge in [-0.05, 0) is 48.6 Å². The van der Waals surface area contributed by atoms with Gasteiger partial charge in [0.2, 0.25) is 5.91 Å². The molecule has 0 spiro atoms. The van der Waals surface area contributed by atoms with Gasteiger partial charge in [-0.2, -0.15) is 0 Å². The summed E-state index contributed by atoms with van der Waals surface area (Å²) in [5, 5.41) is 4.24. The molecular weight excluding hydrogens is 452 g/mol. The third-order valence-electron chi connectivity index (χ3n) is 5.40. The van der Waals surface area contributed by atoms with Crippen molar-refractivity contribution in [2.24, 2.45) is 0 Å². The van der Waals surface area contributed by atoms with Crippen molar-refractivity contribution < 1.29 is 4.79 Å². The lowest BCUT2D eigenvalue weighted by Gasteiger charge is -2.15. The van der Waals surface area contributed by atoms with Gasteiger partial charge in [-0.3, -0.25) is 19.1 Å². The number of amides is 1. The number of fused-ring (bicyclic) bond motifs is 1. The maximum atomic E-state index is 13.3. The molecule has 0 bridgehead atoms. The third-order valence-corrected chi connectivity index (χ3v) is 7.32. The van der Waals surface area contributed by atoms with Crippen LogP contribution in [0.3, 0.4) is 0 Å². The first-order valence-corrected chi connectivity index (χ1v) is 12.7. The topological polar surface area (TPSA) is 76.9 Å². The van der Waals surface area contributed by atoms with E-state index in [4.69, 9.17) is 4.98 Å². The Morgan fingerprint density at radius 3 is 2.58 bits per heavy atom. The number of carbonyl (C=O) groups excluding carboxylic acids is 1. The van der Waals surface area contributed by atoms with Gasteiger partial charge in [0.15, 0.2) is 5.16 Å². The number of hydrogen-bond donors (Lipinski definition) is 1. The van der Waals surface area contributed by atoms with Crippen molar-refractivity contribution in [2.75, 3.05) is 11.1 Å². The van der Waals surface area contributed by atoms with E-state index in [1.165, 1.54) is 23.1 Å². The summed E-state index contributed by atoms with van der Waals surface area (Å²) in [5.74, 6) is 0.0523. The number of aryl methyl sites for hydroxylation is 3. The summed E-state index contributed by atoms with van der Waals surface area (Å²) < 4.78 is 1.64. The molecule has 0 atom stereocenters. The molecule has 0 unspecified atom stereocenters. The lowest BCUT2D eigenvalue weighted by molar-refractivity contribution is -0.113. The summed E-state index contributed by atoms with van der Waals surface area (Å²) in [5.41, 5.74) is 3.95. The molecule has 1 N–H and O–H groups in total. The van der Waals surface area contributed by atoms with Gasteiger partial charge in [-0.15, -0.1) is 11.3 Å². The molecule has 0 aliphatic rings. The smallest absolute Gasteiger partial charge is 0.263 e. The van der Waals surface area contributed by atoms with E-state index in [0.717, 1.165) is 40.1 Å². The van der Waals surface area contributed by atoms with Crippen LogP contribution in [0.1, 0.15) is 35.4 Å². The molecular formula is C25H26N4O2S2. The van der Waals surface area contributed by atoms with Gasteiger partial charge in [0.1, 0.15) is 4.83 Å². The van der Waals surface area contributed by atoms with Crippen LogP contribution in [-0.2, 0) is 24.2 Å². The molecule has 8 heteroatoms. The molecule has 1 aromatic carbocycles. The average molecular weight is 479 g/mol. The van der Waals surface area contributed by atoms with Crippen molar-refractivity contribution in [3.63, 3.8) is 0 Å². The van der Waals surface area contributed by atoms with E-state index in [1.54, 1.807) is 17.0 Å². The number of nitrogens with zero attached hydrogens (tertiary/aromatic N) is 3. The van der Waals surface area contributed by atoms with Crippen LogP contribution in [0.15, 0.2) is 58.7 Å². The van der Waals surface area contributed by atoms with Gasteiger partial charge in [0, 0.05) is 23.0 Å². The molecule has 3 heterocycles. The highest BCUT2D eigenvalue weighted by atomic mass is 32.2. The van der Waals surface area contributed by atoms with E-state index in [-0.39, 0.29) is 17.2 Å². The Kier molecular flexibility index (Phi) is 7.25. The first-order valence-electron chi connectivity index (χ1n) is 10.9. The van der Waals surface area contributed by atoms with Crippen molar-refractivity contribution in [2.45, 2.75) is 45.3 Å². The number of thiophene rings is 1. The molecule has 4 rings (SSSR count). The van der Waals surface area contributed by atoms with Crippen LogP contribution in [-0.4, -0.2) is 26.2 Å². The average Bonchev–Trinajstić information content (AvgIpc) is 3.21. The van der Waals surface area contributed by atoms with E-state index in [9.17, 15) is 9.59 Å². The molecule has 0 aliphatic heterocycles. The summed E-state index contributed by atoms with van der Waals surface area (Å²) in [6.45, 7) is 6.48. The van der Waals surface area contributed by atoms with Crippen LogP contribution in [0, 0.1) is 6.92 Å². The van der Waals surface area contributed by atoms with Crippen LogP contribution >= 0.6 is 23.1 Å². The van der Waals surface area contributed by atoms with Gasteiger partial charge in [0.05, 0.1) is 17.7 Å². The maximum absolute atomic E-state index is 13.3. The van der Waals surface area contributed by atoms with Crippen LogP contribution in [0.25, 0.3) is 10.2 Å². The molecule has 4 aromatic rings. The van der Waals surface area contributed by atoms with Crippen molar-refractivity contribution in [1.29, 1.82) is 0 Å². The quantitative estimate of drug-likeness (QED) is 0.283. The van der Waals surface area contributed by atoms with Gasteiger partial charge >= 0.3 is 0 Å². The zero-order valence-electron chi connectivity index (χ0n) is 18.9. The summed E-state index contributed by atoms with van der Waals surface area (Å²) in [6, 6.07) is 11.8. The second-order valence-corrected chi connectivity index (χ2v) is 9.90. The van der Waals surface area contributed by atoms with Gasteiger partial charge in [-0.25, -0.2) is 4.98 Å². The van der Waals surface area contributed by atoms with Crippen LogP contribution in [0.4, 0.5) is 5.69 Å². The van der Waals surface area contributed by atoms with E-state index in [0.29, 0.717) is 21.9 Å². The van der Waals surface area contributed by atoms with Crippen LogP contribution < -0.4 is 10.9 Å². The number of benzene rings is 1. The Bertz CT molecular complexity index is 1320. The molecule has 170 valence electrons. The van der Waals surface area contributed by atoms with Crippen LogP contribution in [0.5, 0.6) is 0 Å². The molecule has 0 radical (unpaired) electrons. The van der Waals surface area contributed by atoms with E-state index < -0.39 is 0 Å². The molecule has 1 amide bonds. The highest BCUT2D eigenvalue weighted by Gasteiger charge is 2.17. The highest BCUT2D eigenvalue weighted by molar-refractivity contribution is 7.99. The minimum absolute atomic E-state index is 0.0966. The van der Waals surface area contributed by atoms with Gasteiger partial charge < -0.3 is 5.32 Å².